The van der Waals surface area contributed by atoms with Crippen LogP contribution in [0, 0.1) is 6.92 Å². The van der Waals surface area contributed by atoms with Gasteiger partial charge in [-0.05, 0) is 43.3 Å². The quantitative estimate of drug-likeness (QED) is 0.514. The number of fused-ring (bicyclic) bond motifs is 1. The fraction of sp³-hybridized carbons (Fsp3) is 0.0476. The van der Waals surface area contributed by atoms with E-state index in [0.717, 1.165) is 16.6 Å². The highest BCUT2D eigenvalue weighted by molar-refractivity contribution is 6.30. The second kappa shape index (κ2) is 7.62. The zero-order chi connectivity index (χ0) is 19.5. The van der Waals surface area contributed by atoms with E-state index < -0.39 is 0 Å². The van der Waals surface area contributed by atoms with Crippen LogP contribution in [0.1, 0.15) is 16.2 Å². The molecule has 0 saturated heterocycles. The standard InChI is InChI=1S/C21H16ClN5O/c1-13-11-18(20(28)25-16-8-3-7-15(22)12-16)27-21(24-13)26-17-9-2-5-14-6-4-10-23-19(14)17/h2-12H,1H3,(H,25,28)(H,24,26,27). The third-order valence-corrected chi connectivity index (χ3v) is 4.28. The molecule has 2 aromatic heterocycles. The molecule has 28 heavy (non-hydrogen) atoms. The van der Waals surface area contributed by atoms with Crippen molar-refractivity contribution in [1.82, 2.24) is 15.0 Å². The van der Waals surface area contributed by atoms with Crippen molar-refractivity contribution in [2.75, 3.05) is 10.6 Å². The lowest BCUT2D eigenvalue weighted by Gasteiger charge is -2.10. The molecule has 0 aliphatic carbocycles. The number of nitrogens with zero attached hydrogens (tertiary/aromatic N) is 3. The van der Waals surface area contributed by atoms with Gasteiger partial charge >= 0.3 is 0 Å². The van der Waals surface area contributed by atoms with Crippen LogP contribution in [-0.4, -0.2) is 20.9 Å². The summed E-state index contributed by atoms with van der Waals surface area (Å²) < 4.78 is 0. The lowest BCUT2D eigenvalue weighted by atomic mass is 10.2. The number of hydrogen-bond donors (Lipinski definition) is 2. The molecule has 0 saturated carbocycles. The van der Waals surface area contributed by atoms with Crippen LogP contribution in [-0.2, 0) is 0 Å². The Balaban J connectivity index is 1.62. The molecule has 7 heteroatoms. The van der Waals surface area contributed by atoms with Gasteiger partial charge in [0.15, 0.2) is 0 Å². The SMILES string of the molecule is Cc1cc(C(=O)Nc2cccc(Cl)c2)nc(Nc2cccc3cccnc23)n1. The van der Waals surface area contributed by atoms with Crippen molar-refractivity contribution < 1.29 is 4.79 Å². The monoisotopic (exact) mass is 389 g/mol. The minimum Gasteiger partial charge on any atom is -0.322 e. The zero-order valence-electron chi connectivity index (χ0n) is 15.0. The summed E-state index contributed by atoms with van der Waals surface area (Å²) in [5.41, 5.74) is 3.09. The van der Waals surface area contributed by atoms with Crippen molar-refractivity contribution in [2.45, 2.75) is 6.92 Å². The smallest absolute Gasteiger partial charge is 0.274 e. The topological polar surface area (TPSA) is 79.8 Å². The van der Waals surface area contributed by atoms with Gasteiger partial charge in [-0.1, -0.05) is 35.9 Å². The number of nitrogens with one attached hydrogen (secondary N) is 2. The van der Waals surface area contributed by atoms with E-state index in [1.807, 2.05) is 37.3 Å². The van der Waals surface area contributed by atoms with Gasteiger partial charge in [0.05, 0.1) is 11.2 Å². The molecule has 0 spiro atoms. The summed E-state index contributed by atoms with van der Waals surface area (Å²) in [4.78, 5) is 25.8. The van der Waals surface area contributed by atoms with Crippen molar-refractivity contribution >= 4 is 45.7 Å². The lowest BCUT2D eigenvalue weighted by Crippen LogP contribution is -2.15. The molecule has 0 unspecified atom stereocenters. The Bertz CT molecular complexity index is 1170. The van der Waals surface area contributed by atoms with E-state index in [1.54, 1.807) is 36.5 Å². The van der Waals surface area contributed by atoms with Gasteiger partial charge in [0, 0.05) is 28.0 Å². The third-order valence-electron chi connectivity index (χ3n) is 4.05. The normalized spacial score (nSPS) is 10.6. The molecule has 0 bridgehead atoms. The first-order valence-corrected chi connectivity index (χ1v) is 9.00. The number of para-hydroxylation sites is 1. The molecule has 0 fully saturated rings. The zero-order valence-corrected chi connectivity index (χ0v) is 15.7. The molecule has 138 valence electrons. The number of aromatic nitrogens is 3. The van der Waals surface area contributed by atoms with Gasteiger partial charge < -0.3 is 10.6 Å². The summed E-state index contributed by atoms with van der Waals surface area (Å²) in [5.74, 6) is -0.0127. The maximum atomic E-state index is 12.6. The Kier molecular flexibility index (Phi) is 4.87. The lowest BCUT2D eigenvalue weighted by molar-refractivity contribution is 0.102. The first-order valence-electron chi connectivity index (χ1n) is 8.62. The van der Waals surface area contributed by atoms with Crippen LogP contribution in [0.4, 0.5) is 17.3 Å². The number of aryl methyl sites for hydroxylation is 1. The maximum Gasteiger partial charge on any atom is 0.274 e. The van der Waals surface area contributed by atoms with Gasteiger partial charge in [-0.3, -0.25) is 9.78 Å². The average molecular weight is 390 g/mol. The Morgan fingerprint density at radius 3 is 2.68 bits per heavy atom. The Morgan fingerprint density at radius 2 is 1.82 bits per heavy atom. The van der Waals surface area contributed by atoms with Crippen molar-refractivity contribution in [1.29, 1.82) is 0 Å². The van der Waals surface area contributed by atoms with Crippen molar-refractivity contribution in [3.05, 3.63) is 83.3 Å². The minimum atomic E-state index is -0.341. The molecule has 2 heterocycles. The number of halogens is 1. The van der Waals surface area contributed by atoms with E-state index in [4.69, 9.17) is 11.6 Å². The summed E-state index contributed by atoms with van der Waals surface area (Å²) in [7, 11) is 0. The molecule has 0 aliphatic rings. The molecule has 0 atom stereocenters. The largest absolute Gasteiger partial charge is 0.322 e. The van der Waals surface area contributed by atoms with E-state index in [1.165, 1.54) is 0 Å². The van der Waals surface area contributed by atoms with Gasteiger partial charge in [-0.25, -0.2) is 9.97 Å². The van der Waals surface area contributed by atoms with Crippen molar-refractivity contribution in [2.24, 2.45) is 0 Å². The van der Waals surface area contributed by atoms with Crippen molar-refractivity contribution in [3.63, 3.8) is 0 Å². The van der Waals surface area contributed by atoms with Crippen LogP contribution in [0.5, 0.6) is 0 Å². The van der Waals surface area contributed by atoms with E-state index in [2.05, 4.69) is 25.6 Å². The van der Waals surface area contributed by atoms with Crippen LogP contribution in [0.15, 0.2) is 66.9 Å². The predicted octanol–water partition coefficient (Wildman–Crippen LogP) is 4.98. The van der Waals surface area contributed by atoms with Crippen LogP contribution in [0.25, 0.3) is 10.9 Å². The number of anilines is 3. The summed E-state index contributed by atoms with van der Waals surface area (Å²) in [5, 5.41) is 7.51. The first-order chi connectivity index (χ1) is 13.6. The molecular formula is C21H16ClN5O. The van der Waals surface area contributed by atoms with Gasteiger partial charge in [0.2, 0.25) is 5.95 Å². The molecule has 4 aromatic rings. The van der Waals surface area contributed by atoms with E-state index in [0.29, 0.717) is 22.4 Å². The van der Waals surface area contributed by atoms with Gasteiger partial charge in [0.25, 0.3) is 5.91 Å². The second-order valence-corrected chi connectivity index (χ2v) is 6.62. The Hall–Kier alpha value is -3.51. The summed E-state index contributed by atoms with van der Waals surface area (Å²) in [6.45, 7) is 1.81. The summed E-state index contributed by atoms with van der Waals surface area (Å²) in [6.07, 6.45) is 1.73. The molecule has 0 radical (unpaired) electrons. The fourth-order valence-corrected chi connectivity index (χ4v) is 3.02. The summed E-state index contributed by atoms with van der Waals surface area (Å²) >= 11 is 5.97. The molecule has 4 rings (SSSR count). The average Bonchev–Trinajstić information content (AvgIpc) is 2.68. The number of hydrogen-bond acceptors (Lipinski definition) is 5. The molecule has 2 aromatic carbocycles. The van der Waals surface area contributed by atoms with Crippen molar-refractivity contribution in [3.8, 4) is 0 Å². The van der Waals surface area contributed by atoms with Crippen LogP contribution in [0.2, 0.25) is 5.02 Å². The highest BCUT2D eigenvalue weighted by atomic mass is 35.5. The second-order valence-electron chi connectivity index (χ2n) is 6.19. The van der Waals surface area contributed by atoms with Gasteiger partial charge in [0.1, 0.15) is 5.69 Å². The molecule has 0 aliphatic heterocycles. The fourth-order valence-electron chi connectivity index (χ4n) is 2.83. The third kappa shape index (κ3) is 3.92. The maximum absolute atomic E-state index is 12.6. The highest BCUT2D eigenvalue weighted by Crippen LogP contribution is 2.23. The molecule has 1 amide bonds. The number of carbonyl (C=O) groups excluding carboxylic acids is 1. The highest BCUT2D eigenvalue weighted by Gasteiger charge is 2.12. The number of carbonyl (C=O) groups is 1. The van der Waals surface area contributed by atoms with Gasteiger partial charge in [-0.2, -0.15) is 0 Å². The van der Waals surface area contributed by atoms with E-state index in [-0.39, 0.29) is 11.6 Å². The van der Waals surface area contributed by atoms with E-state index in [9.17, 15) is 4.79 Å². The summed E-state index contributed by atoms with van der Waals surface area (Å²) in [6, 6.07) is 18.2. The number of pyridine rings is 1. The number of amides is 1. The Morgan fingerprint density at radius 1 is 1.00 bits per heavy atom. The minimum absolute atomic E-state index is 0.253. The molecular weight excluding hydrogens is 374 g/mol. The number of benzene rings is 2. The first kappa shape index (κ1) is 17.9. The number of rotatable bonds is 4. The molecule has 6 nitrogen and oxygen atoms in total. The van der Waals surface area contributed by atoms with Crippen LogP contribution in [0.3, 0.4) is 0 Å². The predicted molar refractivity (Wildman–Crippen MR) is 111 cm³/mol. The van der Waals surface area contributed by atoms with Crippen LogP contribution >= 0.6 is 11.6 Å². The van der Waals surface area contributed by atoms with E-state index >= 15 is 0 Å². The Labute approximate surface area is 166 Å². The molecule has 2 N–H and O–H groups in total. The van der Waals surface area contributed by atoms with Crippen LogP contribution < -0.4 is 10.6 Å². The van der Waals surface area contributed by atoms with Gasteiger partial charge in [-0.15, -0.1) is 0 Å².